The monoisotopic (exact) mass is 181 g/mol. The molecule has 0 aliphatic heterocycles. The van der Waals surface area contributed by atoms with Gasteiger partial charge >= 0.3 is 0 Å². The number of carbonyl (C=O) groups excluding carboxylic acids is 1. The minimum Gasteiger partial charge on any atom is -0.355 e. The molecule has 0 saturated carbocycles. The highest BCUT2D eigenvalue weighted by Crippen LogP contribution is 2.14. The Morgan fingerprint density at radius 2 is 2.17 bits per heavy atom. The van der Waals surface area contributed by atoms with Crippen LogP contribution in [0.4, 0.5) is 0 Å². The van der Waals surface area contributed by atoms with Gasteiger partial charge in [-0.1, -0.05) is 0 Å². The highest BCUT2D eigenvalue weighted by Gasteiger charge is 2.03. The topological polar surface area (TPSA) is 29.1 Å². The normalized spacial score (nSPS) is 9.58. The van der Waals surface area contributed by atoms with Gasteiger partial charge in [-0.2, -0.15) is 0 Å². The molecular formula is C9H11NOS. The van der Waals surface area contributed by atoms with Crippen LogP contribution in [0.15, 0.2) is 23.1 Å². The predicted octanol–water partition coefficient (Wildman–Crippen LogP) is 1.64. The van der Waals surface area contributed by atoms with Gasteiger partial charge in [0.15, 0.2) is 0 Å². The lowest BCUT2D eigenvalue weighted by Gasteiger charge is -2.02. The van der Waals surface area contributed by atoms with Gasteiger partial charge in [0.2, 0.25) is 0 Å². The molecule has 0 aromatic heterocycles. The van der Waals surface area contributed by atoms with Crippen molar-refractivity contribution in [3.63, 3.8) is 0 Å². The average Bonchev–Trinajstić information content (AvgIpc) is 2.08. The van der Waals surface area contributed by atoms with E-state index in [2.05, 4.69) is 17.9 Å². The van der Waals surface area contributed by atoms with Crippen molar-refractivity contribution in [3.8, 4) is 0 Å². The third-order valence-electron chi connectivity index (χ3n) is 1.69. The van der Waals surface area contributed by atoms with E-state index < -0.39 is 0 Å². The maximum atomic E-state index is 11.1. The molecule has 3 heteroatoms. The molecule has 0 spiro atoms. The number of hydrogen-bond acceptors (Lipinski definition) is 2. The molecule has 1 amide bonds. The first kappa shape index (κ1) is 9.13. The molecule has 1 N–H and O–H groups in total. The Balaban J connectivity index is 3.05. The fourth-order valence-electron chi connectivity index (χ4n) is 0.941. The summed E-state index contributed by atoms with van der Waals surface area (Å²) in [4.78, 5) is 12.0. The van der Waals surface area contributed by atoms with Crippen LogP contribution in [0.25, 0.3) is 0 Å². The van der Waals surface area contributed by atoms with Crippen molar-refractivity contribution < 1.29 is 4.79 Å². The van der Waals surface area contributed by atoms with E-state index in [4.69, 9.17) is 0 Å². The van der Waals surface area contributed by atoms with E-state index in [9.17, 15) is 4.79 Å². The molecule has 64 valence electrons. The molecule has 2 nitrogen and oxygen atoms in total. The van der Waals surface area contributed by atoms with E-state index in [-0.39, 0.29) is 5.91 Å². The second-order valence-electron chi connectivity index (χ2n) is 2.58. The standard InChI is InChI=1S/C9H11NOS/c1-6-5-7(9(11)10-2)3-4-8(6)12/h3-5,12H,1-2H3,(H,10,11). The SMILES string of the molecule is CNC(=O)c1ccc(S)c(C)c1. The van der Waals surface area contributed by atoms with Gasteiger partial charge in [-0.05, 0) is 30.7 Å². The van der Waals surface area contributed by atoms with E-state index in [1.165, 1.54) is 0 Å². The summed E-state index contributed by atoms with van der Waals surface area (Å²) in [6.07, 6.45) is 0. The second kappa shape index (κ2) is 3.63. The van der Waals surface area contributed by atoms with Crippen LogP contribution in [0.2, 0.25) is 0 Å². The number of rotatable bonds is 1. The third-order valence-corrected chi connectivity index (χ3v) is 2.19. The number of aryl methyl sites for hydroxylation is 1. The molecule has 0 atom stereocenters. The van der Waals surface area contributed by atoms with Crippen molar-refractivity contribution in [3.05, 3.63) is 29.3 Å². The number of thiol groups is 1. The van der Waals surface area contributed by atoms with Crippen molar-refractivity contribution in [2.24, 2.45) is 0 Å². The lowest BCUT2D eigenvalue weighted by atomic mass is 10.1. The summed E-state index contributed by atoms with van der Waals surface area (Å²) in [5, 5.41) is 2.56. The minimum absolute atomic E-state index is 0.0635. The number of amides is 1. The van der Waals surface area contributed by atoms with Gasteiger partial charge in [-0.25, -0.2) is 0 Å². The summed E-state index contributed by atoms with van der Waals surface area (Å²) in [6, 6.07) is 5.40. The Hall–Kier alpha value is -0.960. The van der Waals surface area contributed by atoms with Crippen LogP contribution < -0.4 is 5.32 Å². The first-order valence-electron chi connectivity index (χ1n) is 3.67. The van der Waals surface area contributed by atoms with Gasteiger partial charge in [0.1, 0.15) is 0 Å². The van der Waals surface area contributed by atoms with Crippen LogP contribution in [0.1, 0.15) is 15.9 Å². The molecule has 0 unspecified atom stereocenters. The molecule has 0 radical (unpaired) electrons. The molecule has 0 aliphatic carbocycles. The summed E-state index contributed by atoms with van der Waals surface area (Å²) in [5.41, 5.74) is 1.69. The molecule has 1 aromatic carbocycles. The fraction of sp³-hybridized carbons (Fsp3) is 0.222. The van der Waals surface area contributed by atoms with Crippen LogP contribution in [0, 0.1) is 6.92 Å². The maximum absolute atomic E-state index is 11.1. The second-order valence-corrected chi connectivity index (χ2v) is 3.06. The highest BCUT2D eigenvalue weighted by atomic mass is 32.1. The zero-order chi connectivity index (χ0) is 9.14. The van der Waals surface area contributed by atoms with E-state index in [1.807, 2.05) is 19.1 Å². The van der Waals surface area contributed by atoms with Gasteiger partial charge in [-0.15, -0.1) is 12.6 Å². The molecule has 1 rings (SSSR count). The summed E-state index contributed by atoms with van der Waals surface area (Å²) in [6.45, 7) is 1.93. The van der Waals surface area contributed by atoms with Crippen molar-refractivity contribution in [2.45, 2.75) is 11.8 Å². The van der Waals surface area contributed by atoms with Gasteiger partial charge in [0.05, 0.1) is 0 Å². The highest BCUT2D eigenvalue weighted by molar-refractivity contribution is 7.80. The molecular weight excluding hydrogens is 170 g/mol. The Bertz CT molecular complexity index is 309. The maximum Gasteiger partial charge on any atom is 0.251 e. The van der Waals surface area contributed by atoms with E-state index >= 15 is 0 Å². The molecule has 0 bridgehead atoms. The van der Waals surface area contributed by atoms with Gasteiger partial charge in [-0.3, -0.25) is 4.79 Å². The number of nitrogens with one attached hydrogen (secondary N) is 1. The first-order chi connectivity index (χ1) is 5.65. The zero-order valence-electron chi connectivity index (χ0n) is 7.09. The quantitative estimate of drug-likeness (QED) is 0.634. The molecule has 0 aliphatic rings. The molecule has 0 fully saturated rings. The van der Waals surface area contributed by atoms with Crippen molar-refractivity contribution in [1.29, 1.82) is 0 Å². The Morgan fingerprint density at radius 1 is 1.50 bits per heavy atom. The molecule has 0 saturated heterocycles. The lowest BCUT2D eigenvalue weighted by molar-refractivity contribution is 0.0963. The summed E-state index contributed by atoms with van der Waals surface area (Å²) in [7, 11) is 1.62. The number of hydrogen-bond donors (Lipinski definition) is 2. The fourth-order valence-corrected chi connectivity index (χ4v) is 1.08. The number of benzene rings is 1. The van der Waals surface area contributed by atoms with Crippen molar-refractivity contribution in [2.75, 3.05) is 7.05 Å². The summed E-state index contributed by atoms with van der Waals surface area (Å²) >= 11 is 4.21. The van der Waals surface area contributed by atoms with E-state index in [0.29, 0.717) is 5.56 Å². The Labute approximate surface area is 77.4 Å². The van der Waals surface area contributed by atoms with Crippen LogP contribution in [-0.4, -0.2) is 13.0 Å². The van der Waals surface area contributed by atoms with Crippen molar-refractivity contribution >= 4 is 18.5 Å². The van der Waals surface area contributed by atoms with E-state index in [0.717, 1.165) is 10.5 Å². The first-order valence-corrected chi connectivity index (χ1v) is 4.11. The Kier molecular flexibility index (Phi) is 2.76. The van der Waals surface area contributed by atoms with Crippen LogP contribution in [0.3, 0.4) is 0 Å². The van der Waals surface area contributed by atoms with Crippen molar-refractivity contribution in [1.82, 2.24) is 5.32 Å². The zero-order valence-corrected chi connectivity index (χ0v) is 7.98. The summed E-state index contributed by atoms with van der Waals surface area (Å²) in [5.74, 6) is -0.0635. The Morgan fingerprint density at radius 3 is 2.67 bits per heavy atom. The number of carbonyl (C=O) groups is 1. The van der Waals surface area contributed by atoms with Gasteiger partial charge in [0.25, 0.3) is 5.91 Å². The molecule has 12 heavy (non-hydrogen) atoms. The third kappa shape index (κ3) is 1.80. The average molecular weight is 181 g/mol. The minimum atomic E-state index is -0.0635. The van der Waals surface area contributed by atoms with Gasteiger partial charge < -0.3 is 5.32 Å². The largest absolute Gasteiger partial charge is 0.355 e. The van der Waals surface area contributed by atoms with E-state index in [1.54, 1.807) is 13.1 Å². The molecule has 0 heterocycles. The van der Waals surface area contributed by atoms with Gasteiger partial charge in [0, 0.05) is 17.5 Å². The summed E-state index contributed by atoms with van der Waals surface area (Å²) < 4.78 is 0. The lowest BCUT2D eigenvalue weighted by Crippen LogP contribution is -2.17. The predicted molar refractivity (Wildman–Crippen MR) is 51.8 cm³/mol. The smallest absolute Gasteiger partial charge is 0.251 e. The van der Waals surface area contributed by atoms with Crippen LogP contribution in [0.5, 0.6) is 0 Å². The van der Waals surface area contributed by atoms with Crippen LogP contribution >= 0.6 is 12.6 Å². The van der Waals surface area contributed by atoms with Crippen LogP contribution in [-0.2, 0) is 0 Å². The molecule has 1 aromatic rings.